The number of carbonyl (C=O) groups excluding carboxylic acids is 1. The number of nitrogens with one attached hydrogen (secondary N) is 1. The van der Waals surface area contributed by atoms with Crippen molar-refractivity contribution in [3.05, 3.63) is 57.4 Å². The first-order chi connectivity index (χ1) is 15.5. The van der Waals surface area contributed by atoms with Crippen LogP contribution in [0, 0.1) is 23.5 Å². The zero-order chi connectivity index (χ0) is 22.0. The number of carbonyl (C=O) groups is 1. The van der Waals surface area contributed by atoms with Gasteiger partial charge < -0.3 is 9.88 Å². The normalized spacial score (nSPS) is 29.9. The van der Waals surface area contributed by atoms with Gasteiger partial charge in [-0.3, -0.25) is 14.5 Å². The predicted molar refractivity (Wildman–Crippen MR) is 117 cm³/mol. The molecule has 1 aromatic heterocycles. The van der Waals surface area contributed by atoms with Gasteiger partial charge in [0.25, 0.3) is 5.91 Å². The number of H-pyrrole nitrogens is 1. The lowest BCUT2D eigenvalue weighted by atomic mass is 9.68. The fourth-order valence-corrected chi connectivity index (χ4v) is 6.77. The number of piperidine rings is 3. The second kappa shape index (κ2) is 7.51. The molecule has 6 rings (SSSR count). The average molecular weight is 440 g/mol. The molecule has 4 atom stereocenters. The summed E-state index contributed by atoms with van der Waals surface area (Å²) in [6, 6.07) is 2.37. The molecular weight excluding hydrogens is 412 g/mol. The van der Waals surface area contributed by atoms with Gasteiger partial charge in [0.1, 0.15) is 17.2 Å². The van der Waals surface area contributed by atoms with E-state index in [4.69, 9.17) is 0 Å². The Bertz CT molecular complexity index is 1190. The molecule has 0 saturated carbocycles. The summed E-state index contributed by atoms with van der Waals surface area (Å²) >= 11 is 0. The number of aromatic amines is 1. The molecule has 1 aromatic carbocycles. The molecule has 2 bridgehead atoms. The summed E-state index contributed by atoms with van der Waals surface area (Å²) in [6.07, 6.45) is 10.5. The van der Waals surface area contributed by atoms with Crippen LogP contribution in [-0.2, 0) is 0 Å². The lowest BCUT2D eigenvalue weighted by Gasteiger charge is -2.54. The molecule has 1 amide bonds. The molecule has 3 saturated heterocycles. The van der Waals surface area contributed by atoms with Crippen LogP contribution in [0.15, 0.2) is 34.8 Å². The molecule has 32 heavy (non-hydrogen) atoms. The molecule has 4 heterocycles. The van der Waals surface area contributed by atoms with E-state index < -0.39 is 17.1 Å². The summed E-state index contributed by atoms with van der Waals surface area (Å²) in [5.74, 6) is -1.08. The Morgan fingerprint density at radius 3 is 2.88 bits per heavy atom. The van der Waals surface area contributed by atoms with Crippen molar-refractivity contribution in [2.75, 3.05) is 19.6 Å². The van der Waals surface area contributed by atoms with Gasteiger partial charge in [-0.15, -0.1) is 0 Å². The minimum Gasteiger partial charge on any atom is -0.358 e. The van der Waals surface area contributed by atoms with E-state index in [2.05, 4.69) is 16.0 Å². The molecule has 7 heteroatoms. The Hall–Kier alpha value is -2.54. The highest BCUT2D eigenvalue weighted by Gasteiger charge is 2.47. The Labute approximate surface area is 185 Å². The Morgan fingerprint density at radius 2 is 2.00 bits per heavy atom. The Morgan fingerprint density at radius 1 is 1.12 bits per heavy atom. The molecule has 1 aliphatic carbocycles. The summed E-state index contributed by atoms with van der Waals surface area (Å²) in [4.78, 5) is 33.8. The van der Waals surface area contributed by atoms with Crippen molar-refractivity contribution in [1.29, 1.82) is 0 Å². The zero-order valence-corrected chi connectivity index (χ0v) is 17.9. The Balaban J connectivity index is 1.37. The summed E-state index contributed by atoms with van der Waals surface area (Å²) in [7, 11) is 0. The number of aromatic nitrogens is 1. The van der Waals surface area contributed by atoms with Crippen molar-refractivity contribution in [3.8, 4) is 0 Å². The molecular formula is C25H27F2N3O2. The van der Waals surface area contributed by atoms with Crippen LogP contribution in [0.2, 0.25) is 0 Å². The van der Waals surface area contributed by atoms with Gasteiger partial charge in [0.2, 0.25) is 5.43 Å². The number of halogens is 2. The first kappa shape index (κ1) is 20.1. The molecule has 3 fully saturated rings. The molecule has 168 valence electrons. The first-order valence-electron chi connectivity index (χ1n) is 11.8. The number of fused-ring (bicyclic) bond motifs is 7. The van der Waals surface area contributed by atoms with Gasteiger partial charge >= 0.3 is 0 Å². The fourth-order valence-electron chi connectivity index (χ4n) is 6.77. The van der Waals surface area contributed by atoms with Crippen molar-refractivity contribution in [3.63, 3.8) is 0 Å². The SMILES string of the molecule is O=C(c1c[nH]c2c(F)cc(F)cc2c1=O)N1CCCC2=CC3CC(CN4CCCCC34)C21. The Kier molecular flexibility index (Phi) is 4.72. The van der Waals surface area contributed by atoms with Crippen molar-refractivity contribution < 1.29 is 13.6 Å². The molecule has 3 aliphatic heterocycles. The van der Waals surface area contributed by atoms with Crippen LogP contribution < -0.4 is 5.43 Å². The number of nitrogens with zero attached hydrogens (tertiary/aromatic N) is 2. The lowest BCUT2D eigenvalue weighted by Crippen LogP contribution is -2.60. The van der Waals surface area contributed by atoms with Gasteiger partial charge in [0.15, 0.2) is 0 Å². The van der Waals surface area contributed by atoms with Crippen LogP contribution >= 0.6 is 0 Å². The van der Waals surface area contributed by atoms with Crippen LogP contribution in [0.25, 0.3) is 10.9 Å². The maximum absolute atomic E-state index is 14.1. The molecule has 4 unspecified atom stereocenters. The van der Waals surface area contributed by atoms with Crippen molar-refractivity contribution in [2.24, 2.45) is 11.8 Å². The van der Waals surface area contributed by atoms with E-state index in [1.165, 1.54) is 31.0 Å². The summed E-state index contributed by atoms with van der Waals surface area (Å²) in [5, 5.41) is -0.126. The van der Waals surface area contributed by atoms with Crippen molar-refractivity contribution >= 4 is 16.8 Å². The van der Waals surface area contributed by atoms with E-state index in [0.717, 1.165) is 44.5 Å². The number of amides is 1. The third-order valence-corrected chi connectivity index (χ3v) is 8.05. The highest BCUT2D eigenvalue weighted by Crippen LogP contribution is 2.45. The average Bonchev–Trinajstić information content (AvgIpc) is 2.79. The van der Waals surface area contributed by atoms with Crippen molar-refractivity contribution in [2.45, 2.75) is 50.6 Å². The van der Waals surface area contributed by atoms with E-state index in [1.54, 1.807) is 0 Å². The second-order valence-corrected chi connectivity index (χ2v) is 9.85. The van der Waals surface area contributed by atoms with Crippen LogP contribution in [0.1, 0.15) is 48.9 Å². The highest BCUT2D eigenvalue weighted by molar-refractivity contribution is 5.97. The standard InChI is InChI=1S/C25H27F2N3O2/c26-17-10-18-22(20(27)11-17)28-12-19(24(18)31)25(32)30-7-3-4-14-8-15-9-16(23(14)30)13-29-6-2-1-5-21(15)29/h8,10-12,15-16,21,23H,1-7,9,13H2,(H,28,31). The quantitative estimate of drug-likeness (QED) is 0.687. The third kappa shape index (κ3) is 3.04. The minimum absolute atomic E-state index is 0.00900. The van der Waals surface area contributed by atoms with Gasteiger partial charge in [-0.2, -0.15) is 0 Å². The molecule has 5 nitrogen and oxygen atoms in total. The maximum Gasteiger partial charge on any atom is 0.259 e. The number of hydrogen-bond acceptors (Lipinski definition) is 3. The van der Waals surface area contributed by atoms with Gasteiger partial charge in [0.05, 0.1) is 16.9 Å². The lowest BCUT2D eigenvalue weighted by molar-refractivity contribution is 0.00143. The van der Waals surface area contributed by atoms with Gasteiger partial charge in [-0.25, -0.2) is 8.78 Å². The third-order valence-electron chi connectivity index (χ3n) is 8.05. The fraction of sp³-hybridized carbons (Fsp3) is 0.520. The van der Waals surface area contributed by atoms with Crippen molar-refractivity contribution in [1.82, 2.24) is 14.8 Å². The maximum atomic E-state index is 14.1. The molecule has 4 aliphatic rings. The van der Waals surface area contributed by atoms with E-state index in [9.17, 15) is 18.4 Å². The monoisotopic (exact) mass is 439 g/mol. The van der Waals surface area contributed by atoms with Gasteiger partial charge in [0, 0.05) is 31.4 Å². The van der Waals surface area contributed by atoms with Crippen LogP contribution in [0.5, 0.6) is 0 Å². The minimum atomic E-state index is -0.837. The smallest absolute Gasteiger partial charge is 0.259 e. The topological polar surface area (TPSA) is 56.4 Å². The second-order valence-electron chi connectivity index (χ2n) is 9.85. The number of benzene rings is 1. The molecule has 0 spiro atoms. The number of hydrogen-bond donors (Lipinski definition) is 1. The van der Waals surface area contributed by atoms with Gasteiger partial charge in [-0.1, -0.05) is 18.1 Å². The van der Waals surface area contributed by atoms with E-state index >= 15 is 0 Å². The molecule has 0 radical (unpaired) electrons. The number of rotatable bonds is 1. The van der Waals surface area contributed by atoms with Crippen LogP contribution in [0.3, 0.4) is 0 Å². The molecule has 2 aromatic rings. The van der Waals surface area contributed by atoms with Gasteiger partial charge in [-0.05, 0) is 56.6 Å². The number of likely N-dealkylation sites (tertiary alicyclic amines) is 1. The predicted octanol–water partition coefficient (Wildman–Crippen LogP) is 3.84. The van der Waals surface area contributed by atoms with E-state index in [-0.39, 0.29) is 28.4 Å². The van der Waals surface area contributed by atoms with E-state index in [0.29, 0.717) is 24.4 Å². The summed E-state index contributed by atoms with van der Waals surface area (Å²) in [6.45, 7) is 2.72. The summed E-state index contributed by atoms with van der Waals surface area (Å²) in [5.41, 5.74) is 0.602. The van der Waals surface area contributed by atoms with Crippen LogP contribution in [0.4, 0.5) is 8.78 Å². The highest BCUT2D eigenvalue weighted by atomic mass is 19.1. The van der Waals surface area contributed by atoms with E-state index in [1.807, 2.05) is 4.90 Å². The zero-order valence-electron chi connectivity index (χ0n) is 17.9. The first-order valence-corrected chi connectivity index (χ1v) is 11.8. The summed E-state index contributed by atoms with van der Waals surface area (Å²) < 4.78 is 27.9. The molecule has 1 N–H and O–H groups in total. The number of pyridine rings is 1. The van der Waals surface area contributed by atoms with Crippen LogP contribution in [-0.4, -0.2) is 52.4 Å². The largest absolute Gasteiger partial charge is 0.358 e.